The van der Waals surface area contributed by atoms with E-state index in [9.17, 15) is 8.42 Å². The van der Waals surface area contributed by atoms with Gasteiger partial charge < -0.3 is 10.1 Å². The van der Waals surface area contributed by atoms with Crippen LogP contribution in [0.15, 0.2) is 36.4 Å². The van der Waals surface area contributed by atoms with Crippen molar-refractivity contribution in [2.45, 2.75) is 38.6 Å². The number of anilines is 1. The third-order valence-corrected chi connectivity index (χ3v) is 5.06. The lowest BCUT2D eigenvalue weighted by molar-refractivity contribution is 0.325. The molecule has 0 amide bonds. The van der Waals surface area contributed by atoms with E-state index in [1.165, 1.54) is 0 Å². The molecule has 0 unspecified atom stereocenters. The fourth-order valence-electron chi connectivity index (χ4n) is 3.16. The number of thiol groups is 1. The second kappa shape index (κ2) is 8.95. The van der Waals surface area contributed by atoms with Gasteiger partial charge in [0.25, 0.3) is 0 Å². The molecule has 0 aliphatic heterocycles. The summed E-state index contributed by atoms with van der Waals surface area (Å²) < 4.78 is 29.9. The molecule has 140 valence electrons. The Labute approximate surface area is 155 Å². The molecule has 1 aromatic heterocycles. The first-order valence-corrected chi connectivity index (χ1v) is 9.99. The van der Waals surface area contributed by atoms with E-state index < -0.39 is 10.9 Å². The zero-order valence-electron chi connectivity index (χ0n) is 14.7. The van der Waals surface area contributed by atoms with Crippen molar-refractivity contribution in [3.05, 3.63) is 42.1 Å². The van der Waals surface area contributed by atoms with Crippen LogP contribution < -0.4 is 14.8 Å². The summed E-state index contributed by atoms with van der Waals surface area (Å²) in [4.78, 5) is 8.85. The van der Waals surface area contributed by atoms with Gasteiger partial charge in [-0.25, -0.2) is 18.1 Å². The van der Waals surface area contributed by atoms with Gasteiger partial charge >= 0.3 is 0 Å². The van der Waals surface area contributed by atoms with Crippen LogP contribution in [0.2, 0.25) is 0 Å². The highest BCUT2D eigenvalue weighted by Gasteiger charge is 2.21. The predicted octanol–water partition coefficient (Wildman–Crippen LogP) is 2.66. The first-order valence-electron chi connectivity index (χ1n) is 8.81. The normalized spacial score (nSPS) is 20.1. The number of benzene rings is 1. The summed E-state index contributed by atoms with van der Waals surface area (Å²) in [5.74, 6) is 2.29. The molecule has 1 fully saturated rings. The molecule has 0 atom stereocenters. The zero-order chi connectivity index (χ0) is 18.4. The minimum Gasteiger partial charge on any atom is -0.439 e. The zero-order valence-corrected chi connectivity index (χ0v) is 15.6. The number of ether oxygens (including phenoxy) is 1. The van der Waals surface area contributed by atoms with E-state index in [0.717, 1.165) is 43.7 Å². The summed E-state index contributed by atoms with van der Waals surface area (Å²) in [6.45, 7) is 2.68. The number of aryl methyl sites for hydroxylation is 1. The van der Waals surface area contributed by atoms with Crippen LogP contribution in [0.3, 0.4) is 0 Å². The molecule has 0 radical (unpaired) electrons. The van der Waals surface area contributed by atoms with Gasteiger partial charge in [0, 0.05) is 24.3 Å². The lowest BCUT2D eigenvalue weighted by Crippen LogP contribution is -2.33. The summed E-state index contributed by atoms with van der Waals surface area (Å²) in [6, 6.07) is 11.4. The Balaban J connectivity index is 1.54. The molecule has 1 heterocycles. The Hall–Kier alpha value is -2.19. The van der Waals surface area contributed by atoms with Gasteiger partial charge in [-0.05, 0) is 50.7 Å². The first kappa shape index (κ1) is 18.6. The van der Waals surface area contributed by atoms with Gasteiger partial charge in [-0.1, -0.05) is 18.2 Å². The molecule has 8 heteroatoms. The third-order valence-electron chi connectivity index (χ3n) is 4.48. The molecule has 26 heavy (non-hydrogen) atoms. The molecule has 1 aliphatic rings. The van der Waals surface area contributed by atoms with Gasteiger partial charge in [0.15, 0.2) is 0 Å². The van der Waals surface area contributed by atoms with Crippen LogP contribution in [0.5, 0.6) is 11.6 Å². The van der Waals surface area contributed by atoms with Gasteiger partial charge in [-0.2, -0.15) is 4.98 Å². The Kier molecular flexibility index (Phi) is 6.40. The number of hydrogen-bond donors (Lipinski definition) is 3. The third kappa shape index (κ3) is 5.67. The highest BCUT2D eigenvalue weighted by atomic mass is 32.2. The molecule has 0 saturated heterocycles. The molecular formula is C18H24N4O3S. The number of hydrogen-bond acceptors (Lipinski definition) is 6. The van der Waals surface area contributed by atoms with E-state index in [1.807, 2.05) is 37.3 Å². The average Bonchev–Trinajstić information content (AvgIpc) is 2.61. The van der Waals surface area contributed by atoms with Crippen LogP contribution in [0.25, 0.3) is 0 Å². The standard InChI is InChI=1S/C18H24N4O3S/c1-13-11-17(25-16-5-3-2-4-6-16)21-18(20-13)19-12-14-7-9-15(10-8-14)22-26(23)24/h2-6,11,14-15,26H,7-10,12H2,1H3,(H,19,20,21)(H,22,23,24). The summed E-state index contributed by atoms with van der Waals surface area (Å²) in [6.07, 6.45) is 3.69. The second-order valence-electron chi connectivity index (χ2n) is 6.57. The molecule has 3 rings (SSSR count). The summed E-state index contributed by atoms with van der Waals surface area (Å²) in [5.41, 5.74) is 0.834. The van der Waals surface area contributed by atoms with Crippen molar-refractivity contribution in [3.63, 3.8) is 0 Å². The average molecular weight is 376 g/mol. The molecule has 1 aliphatic carbocycles. The van der Waals surface area contributed by atoms with E-state index in [4.69, 9.17) is 4.74 Å². The molecular weight excluding hydrogens is 352 g/mol. The van der Waals surface area contributed by atoms with Crippen LogP contribution >= 0.6 is 0 Å². The molecule has 2 N–H and O–H groups in total. The van der Waals surface area contributed by atoms with E-state index in [-0.39, 0.29) is 6.04 Å². The maximum absolute atomic E-state index is 10.7. The van der Waals surface area contributed by atoms with E-state index >= 15 is 0 Å². The van der Waals surface area contributed by atoms with Crippen molar-refractivity contribution < 1.29 is 13.2 Å². The summed E-state index contributed by atoms with van der Waals surface area (Å²) in [7, 11) is -2.51. The first-order chi connectivity index (χ1) is 12.6. The Morgan fingerprint density at radius 2 is 1.85 bits per heavy atom. The van der Waals surface area contributed by atoms with Crippen LogP contribution in [0, 0.1) is 12.8 Å². The number of para-hydroxylation sites is 1. The Morgan fingerprint density at radius 1 is 1.12 bits per heavy atom. The summed E-state index contributed by atoms with van der Waals surface area (Å²) >= 11 is 0. The van der Waals surface area contributed by atoms with Crippen molar-refractivity contribution >= 4 is 16.8 Å². The fourth-order valence-corrected chi connectivity index (χ4v) is 3.72. The molecule has 0 bridgehead atoms. The van der Waals surface area contributed by atoms with E-state index in [0.29, 0.717) is 17.7 Å². The van der Waals surface area contributed by atoms with Crippen molar-refractivity contribution in [1.82, 2.24) is 14.7 Å². The van der Waals surface area contributed by atoms with Crippen LogP contribution in [0.1, 0.15) is 31.4 Å². The van der Waals surface area contributed by atoms with Crippen LogP contribution in [0.4, 0.5) is 5.95 Å². The minimum absolute atomic E-state index is 0.0773. The van der Waals surface area contributed by atoms with Gasteiger partial charge in [-0.15, -0.1) is 0 Å². The smallest absolute Gasteiger partial charge is 0.226 e. The van der Waals surface area contributed by atoms with Gasteiger partial charge in [-0.3, -0.25) is 0 Å². The minimum atomic E-state index is -2.51. The number of aromatic nitrogens is 2. The van der Waals surface area contributed by atoms with Gasteiger partial charge in [0.05, 0.1) is 0 Å². The highest BCUT2D eigenvalue weighted by molar-refractivity contribution is 7.70. The lowest BCUT2D eigenvalue weighted by atomic mass is 9.86. The number of rotatable bonds is 7. The van der Waals surface area contributed by atoms with Crippen molar-refractivity contribution in [3.8, 4) is 11.6 Å². The maximum Gasteiger partial charge on any atom is 0.226 e. The van der Waals surface area contributed by atoms with Crippen molar-refractivity contribution in [2.24, 2.45) is 5.92 Å². The van der Waals surface area contributed by atoms with Gasteiger partial charge in [0.1, 0.15) is 5.75 Å². The lowest BCUT2D eigenvalue weighted by Gasteiger charge is -2.27. The van der Waals surface area contributed by atoms with E-state index in [1.54, 1.807) is 6.07 Å². The predicted molar refractivity (Wildman–Crippen MR) is 101 cm³/mol. The quantitative estimate of drug-likeness (QED) is 0.644. The van der Waals surface area contributed by atoms with Crippen LogP contribution in [-0.4, -0.2) is 31.0 Å². The SMILES string of the molecule is Cc1cc(Oc2ccccc2)nc(NCC2CCC(N[SH](=O)=O)CC2)n1. The highest BCUT2D eigenvalue weighted by Crippen LogP contribution is 2.25. The number of nitrogens with zero attached hydrogens (tertiary/aromatic N) is 2. The molecule has 1 aromatic carbocycles. The molecule has 7 nitrogen and oxygen atoms in total. The largest absolute Gasteiger partial charge is 0.439 e. The molecule has 2 aromatic rings. The number of nitrogens with one attached hydrogen (secondary N) is 2. The maximum atomic E-state index is 10.7. The van der Waals surface area contributed by atoms with Gasteiger partial charge in [0.2, 0.25) is 22.7 Å². The van der Waals surface area contributed by atoms with Crippen molar-refractivity contribution in [1.29, 1.82) is 0 Å². The second-order valence-corrected chi connectivity index (χ2v) is 7.34. The van der Waals surface area contributed by atoms with Crippen LogP contribution in [-0.2, 0) is 10.9 Å². The molecule has 1 saturated carbocycles. The monoisotopic (exact) mass is 376 g/mol. The van der Waals surface area contributed by atoms with E-state index in [2.05, 4.69) is 20.0 Å². The topological polar surface area (TPSA) is 93.2 Å². The van der Waals surface area contributed by atoms with Crippen molar-refractivity contribution in [2.75, 3.05) is 11.9 Å². The summed E-state index contributed by atoms with van der Waals surface area (Å²) in [5, 5.41) is 3.29. The molecule has 0 spiro atoms. The fraction of sp³-hybridized carbons (Fsp3) is 0.444. The Morgan fingerprint density at radius 3 is 2.54 bits per heavy atom. The Bertz CT molecular complexity index is 782.